The summed E-state index contributed by atoms with van der Waals surface area (Å²) in [6.07, 6.45) is 2.77. The summed E-state index contributed by atoms with van der Waals surface area (Å²) in [7, 11) is 0. The molecule has 1 amide bonds. The number of hydrogen-bond acceptors (Lipinski definition) is 2. The van der Waals surface area contributed by atoms with E-state index in [0.717, 1.165) is 12.8 Å². The van der Waals surface area contributed by atoms with Gasteiger partial charge in [-0.2, -0.15) is 0 Å². The molecule has 1 N–H and O–H groups in total. The highest BCUT2D eigenvalue weighted by Gasteiger charge is 2.42. The second-order valence-corrected chi connectivity index (χ2v) is 5.76. The van der Waals surface area contributed by atoms with Crippen LogP contribution in [0.4, 0.5) is 4.39 Å². The van der Waals surface area contributed by atoms with Crippen LogP contribution in [0.3, 0.4) is 0 Å². The predicted octanol–water partition coefficient (Wildman–Crippen LogP) is 2.61. The van der Waals surface area contributed by atoms with E-state index >= 15 is 0 Å². The first-order valence-corrected chi connectivity index (χ1v) is 6.90. The highest BCUT2D eigenvalue weighted by molar-refractivity contribution is 6.30. The summed E-state index contributed by atoms with van der Waals surface area (Å²) in [5, 5.41) is 9.75. The van der Waals surface area contributed by atoms with Crippen LogP contribution in [0.15, 0.2) is 18.2 Å². The Morgan fingerprint density at radius 1 is 1.32 bits per heavy atom. The first kappa shape index (κ1) is 12.9. The van der Waals surface area contributed by atoms with E-state index in [-0.39, 0.29) is 29.1 Å². The molecule has 3 nitrogen and oxygen atoms in total. The fourth-order valence-corrected chi connectivity index (χ4v) is 3.38. The zero-order chi connectivity index (χ0) is 13.6. The minimum atomic E-state index is -0.572. The van der Waals surface area contributed by atoms with Crippen molar-refractivity contribution in [1.82, 2.24) is 4.90 Å². The standard InChI is InChI=1S/C14H15ClFNO2/c15-12-4-1-8(5-13(12)16)14(19)17-9-2-3-10(17)7-11(18)6-9/h1,4-5,9-11,18H,2-3,6-7H2. The lowest BCUT2D eigenvalue weighted by atomic mass is 9.98. The number of fused-ring (bicyclic) bond motifs is 2. The Labute approximate surface area is 116 Å². The summed E-state index contributed by atoms with van der Waals surface area (Å²) >= 11 is 5.63. The van der Waals surface area contributed by atoms with Gasteiger partial charge in [0.25, 0.3) is 5.91 Å². The normalized spacial score (nSPS) is 29.6. The molecule has 0 aliphatic carbocycles. The fraction of sp³-hybridized carbons (Fsp3) is 0.500. The van der Waals surface area contributed by atoms with E-state index in [4.69, 9.17) is 11.6 Å². The van der Waals surface area contributed by atoms with E-state index in [1.54, 1.807) is 6.07 Å². The van der Waals surface area contributed by atoms with E-state index in [9.17, 15) is 14.3 Å². The molecular formula is C14H15ClFNO2. The summed E-state index contributed by atoms with van der Waals surface area (Å²) < 4.78 is 13.4. The number of hydrogen-bond donors (Lipinski definition) is 1. The van der Waals surface area contributed by atoms with Crippen LogP contribution < -0.4 is 0 Å². The van der Waals surface area contributed by atoms with Crippen molar-refractivity contribution >= 4 is 17.5 Å². The molecule has 102 valence electrons. The van der Waals surface area contributed by atoms with Crippen molar-refractivity contribution in [3.63, 3.8) is 0 Å². The van der Waals surface area contributed by atoms with E-state index in [0.29, 0.717) is 18.4 Å². The lowest BCUT2D eigenvalue weighted by Crippen LogP contribution is -2.48. The number of halogens is 2. The average Bonchev–Trinajstić information content (AvgIpc) is 2.64. The molecule has 0 spiro atoms. The molecular weight excluding hydrogens is 269 g/mol. The number of amides is 1. The van der Waals surface area contributed by atoms with Gasteiger partial charge in [0.1, 0.15) is 5.82 Å². The highest BCUT2D eigenvalue weighted by Crippen LogP contribution is 2.36. The van der Waals surface area contributed by atoms with Gasteiger partial charge in [0.05, 0.1) is 11.1 Å². The smallest absolute Gasteiger partial charge is 0.254 e. The number of piperidine rings is 1. The van der Waals surface area contributed by atoms with Gasteiger partial charge in [-0.05, 0) is 43.9 Å². The number of rotatable bonds is 1. The molecule has 2 saturated heterocycles. The molecule has 2 unspecified atom stereocenters. The van der Waals surface area contributed by atoms with Crippen LogP contribution in [-0.4, -0.2) is 34.1 Å². The average molecular weight is 284 g/mol. The fourth-order valence-electron chi connectivity index (χ4n) is 3.26. The Hall–Kier alpha value is -1.13. The molecule has 0 radical (unpaired) electrons. The van der Waals surface area contributed by atoms with E-state index in [1.807, 2.05) is 4.90 Å². The first-order chi connectivity index (χ1) is 9.06. The van der Waals surface area contributed by atoms with Gasteiger partial charge >= 0.3 is 0 Å². The van der Waals surface area contributed by atoms with Crippen molar-refractivity contribution in [2.45, 2.75) is 43.9 Å². The molecule has 2 bridgehead atoms. The van der Waals surface area contributed by atoms with Crippen LogP contribution >= 0.6 is 11.6 Å². The Morgan fingerprint density at radius 2 is 1.95 bits per heavy atom. The number of aliphatic hydroxyl groups excluding tert-OH is 1. The second kappa shape index (κ2) is 4.76. The minimum Gasteiger partial charge on any atom is -0.393 e. The van der Waals surface area contributed by atoms with Crippen LogP contribution in [0.25, 0.3) is 0 Å². The third-order valence-corrected chi connectivity index (χ3v) is 4.42. The minimum absolute atomic E-state index is 0.0218. The summed E-state index contributed by atoms with van der Waals surface area (Å²) in [5.74, 6) is -0.730. The van der Waals surface area contributed by atoms with Crippen LogP contribution in [0.5, 0.6) is 0 Å². The van der Waals surface area contributed by atoms with Crippen molar-refractivity contribution in [3.8, 4) is 0 Å². The quantitative estimate of drug-likeness (QED) is 0.861. The number of benzene rings is 1. The summed E-state index contributed by atoms with van der Waals surface area (Å²) in [6, 6.07) is 4.32. The van der Waals surface area contributed by atoms with Crippen molar-refractivity contribution in [2.75, 3.05) is 0 Å². The molecule has 2 fully saturated rings. The summed E-state index contributed by atoms with van der Waals surface area (Å²) in [6.45, 7) is 0. The van der Waals surface area contributed by atoms with Gasteiger partial charge in [0.2, 0.25) is 0 Å². The van der Waals surface area contributed by atoms with Gasteiger partial charge in [-0.1, -0.05) is 11.6 Å². The van der Waals surface area contributed by atoms with Crippen molar-refractivity contribution < 1.29 is 14.3 Å². The Balaban J connectivity index is 1.86. The molecule has 1 aromatic carbocycles. The largest absolute Gasteiger partial charge is 0.393 e. The van der Waals surface area contributed by atoms with Gasteiger partial charge < -0.3 is 10.0 Å². The van der Waals surface area contributed by atoms with Crippen LogP contribution in [0.1, 0.15) is 36.0 Å². The molecule has 0 aromatic heterocycles. The maximum absolute atomic E-state index is 13.4. The van der Waals surface area contributed by atoms with E-state index in [1.165, 1.54) is 12.1 Å². The predicted molar refractivity (Wildman–Crippen MR) is 69.6 cm³/mol. The Morgan fingerprint density at radius 3 is 2.53 bits per heavy atom. The second-order valence-electron chi connectivity index (χ2n) is 5.35. The number of carbonyl (C=O) groups excluding carboxylic acids is 1. The molecule has 1 aromatic rings. The number of nitrogens with zero attached hydrogens (tertiary/aromatic N) is 1. The van der Waals surface area contributed by atoms with E-state index < -0.39 is 5.82 Å². The van der Waals surface area contributed by atoms with Crippen LogP contribution in [0, 0.1) is 5.82 Å². The summed E-state index contributed by atoms with van der Waals surface area (Å²) in [5.41, 5.74) is 0.329. The lowest BCUT2D eigenvalue weighted by molar-refractivity contribution is 0.0286. The number of aliphatic hydroxyl groups is 1. The van der Waals surface area contributed by atoms with Gasteiger partial charge in [0, 0.05) is 17.6 Å². The molecule has 0 saturated carbocycles. The SMILES string of the molecule is O=C(c1ccc(Cl)c(F)c1)N1C2CCC1CC(O)C2. The van der Waals surface area contributed by atoms with Crippen LogP contribution in [-0.2, 0) is 0 Å². The molecule has 2 heterocycles. The zero-order valence-corrected chi connectivity index (χ0v) is 11.1. The monoisotopic (exact) mass is 283 g/mol. The molecule has 2 aliphatic rings. The van der Waals surface area contributed by atoms with Crippen molar-refractivity contribution in [3.05, 3.63) is 34.6 Å². The highest BCUT2D eigenvalue weighted by atomic mass is 35.5. The molecule has 2 atom stereocenters. The van der Waals surface area contributed by atoms with Gasteiger partial charge in [-0.25, -0.2) is 4.39 Å². The topological polar surface area (TPSA) is 40.5 Å². The molecule has 2 aliphatic heterocycles. The van der Waals surface area contributed by atoms with Gasteiger partial charge in [-0.15, -0.1) is 0 Å². The van der Waals surface area contributed by atoms with E-state index in [2.05, 4.69) is 0 Å². The molecule has 3 rings (SSSR count). The maximum Gasteiger partial charge on any atom is 0.254 e. The Bertz CT molecular complexity index is 508. The third-order valence-electron chi connectivity index (χ3n) is 4.11. The van der Waals surface area contributed by atoms with Crippen molar-refractivity contribution in [1.29, 1.82) is 0 Å². The number of carbonyl (C=O) groups is 1. The lowest BCUT2D eigenvalue weighted by Gasteiger charge is -2.37. The van der Waals surface area contributed by atoms with Gasteiger partial charge in [-0.3, -0.25) is 4.79 Å². The first-order valence-electron chi connectivity index (χ1n) is 6.52. The zero-order valence-electron chi connectivity index (χ0n) is 10.4. The van der Waals surface area contributed by atoms with Crippen molar-refractivity contribution in [2.24, 2.45) is 0 Å². The Kier molecular flexibility index (Phi) is 3.23. The third kappa shape index (κ3) is 2.23. The molecule has 5 heteroatoms. The van der Waals surface area contributed by atoms with Crippen LogP contribution in [0.2, 0.25) is 5.02 Å². The maximum atomic E-state index is 13.4. The summed E-state index contributed by atoms with van der Waals surface area (Å²) in [4.78, 5) is 14.3. The van der Waals surface area contributed by atoms with Gasteiger partial charge in [0.15, 0.2) is 0 Å². The molecule has 19 heavy (non-hydrogen) atoms.